The van der Waals surface area contributed by atoms with Gasteiger partial charge in [-0.2, -0.15) is 0 Å². The van der Waals surface area contributed by atoms with E-state index in [1.807, 2.05) is 29.2 Å². The second-order valence-electron chi connectivity index (χ2n) is 5.32. The van der Waals surface area contributed by atoms with Crippen LogP contribution in [0.5, 0.6) is 5.75 Å². The first-order chi connectivity index (χ1) is 11.2. The van der Waals surface area contributed by atoms with E-state index in [9.17, 15) is 9.59 Å². The zero-order chi connectivity index (χ0) is 16.7. The highest BCUT2D eigenvalue weighted by atomic mass is 16.5. The zero-order valence-corrected chi connectivity index (χ0v) is 13.7. The summed E-state index contributed by atoms with van der Waals surface area (Å²) in [6.45, 7) is 3.20. The molecule has 1 aliphatic heterocycles. The number of nitrogens with zero attached hydrogens (tertiary/aromatic N) is 2. The predicted octanol–water partition coefficient (Wildman–Crippen LogP) is -0.321. The Morgan fingerprint density at radius 2 is 1.83 bits per heavy atom. The predicted molar refractivity (Wildman–Crippen MR) is 88.7 cm³/mol. The third-order valence-corrected chi connectivity index (χ3v) is 3.90. The summed E-state index contributed by atoms with van der Waals surface area (Å²) in [6.07, 6.45) is 0. The number of carbonyl (C=O) groups excluding carboxylic acids is 2. The molecule has 2 rings (SSSR count). The maximum Gasteiger partial charge on any atom is 0.236 e. The van der Waals surface area contributed by atoms with E-state index in [2.05, 4.69) is 15.5 Å². The summed E-state index contributed by atoms with van der Waals surface area (Å²) in [7, 11) is 3.24. The van der Waals surface area contributed by atoms with Gasteiger partial charge in [0.05, 0.1) is 25.9 Å². The summed E-state index contributed by atoms with van der Waals surface area (Å²) in [6, 6.07) is 7.90. The van der Waals surface area contributed by atoms with Crippen molar-refractivity contribution in [2.75, 3.05) is 58.3 Å². The van der Waals surface area contributed by atoms with Gasteiger partial charge in [-0.15, -0.1) is 0 Å². The van der Waals surface area contributed by atoms with Crippen LogP contribution in [-0.2, 0) is 9.59 Å². The molecule has 23 heavy (non-hydrogen) atoms. The van der Waals surface area contributed by atoms with E-state index in [-0.39, 0.29) is 24.9 Å². The molecule has 0 saturated carbocycles. The summed E-state index contributed by atoms with van der Waals surface area (Å²) in [5.41, 5.74) is 1.06. The molecule has 1 fully saturated rings. The van der Waals surface area contributed by atoms with Crippen molar-refractivity contribution in [3.8, 4) is 5.75 Å². The third kappa shape index (κ3) is 4.59. The minimum absolute atomic E-state index is 0.0218. The summed E-state index contributed by atoms with van der Waals surface area (Å²) < 4.78 is 5.39. The first kappa shape index (κ1) is 17.1. The highest BCUT2D eigenvalue weighted by Gasteiger charge is 2.22. The molecule has 1 saturated heterocycles. The molecule has 0 atom stereocenters. The summed E-state index contributed by atoms with van der Waals surface area (Å²) in [5, 5.41) is 5.37. The van der Waals surface area contributed by atoms with Crippen LogP contribution >= 0.6 is 0 Å². The number of nitrogens with one attached hydrogen (secondary N) is 2. The quantitative estimate of drug-likeness (QED) is 0.751. The van der Waals surface area contributed by atoms with E-state index in [4.69, 9.17) is 4.74 Å². The second kappa shape index (κ2) is 8.38. The van der Waals surface area contributed by atoms with Crippen molar-refractivity contribution in [3.63, 3.8) is 0 Å². The average Bonchev–Trinajstić information content (AvgIpc) is 2.61. The minimum Gasteiger partial charge on any atom is -0.495 e. The maximum atomic E-state index is 12.1. The Hall–Kier alpha value is -2.28. The molecule has 0 radical (unpaired) electrons. The monoisotopic (exact) mass is 320 g/mol. The highest BCUT2D eigenvalue weighted by molar-refractivity contribution is 5.81. The molecular formula is C16H24N4O3. The molecule has 7 heteroatoms. The van der Waals surface area contributed by atoms with Crippen molar-refractivity contribution < 1.29 is 14.3 Å². The number of rotatable bonds is 6. The largest absolute Gasteiger partial charge is 0.495 e. The number of para-hydroxylation sites is 2. The number of hydrogen-bond acceptors (Lipinski definition) is 5. The van der Waals surface area contributed by atoms with Crippen molar-refractivity contribution in [2.45, 2.75) is 0 Å². The molecule has 0 aromatic heterocycles. The molecule has 1 heterocycles. The van der Waals surface area contributed by atoms with E-state index in [0.29, 0.717) is 13.1 Å². The lowest BCUT2D eigenvalue weighted by Gasteiger charge is -2.36. The van der Waals surface area contributed by atoms with Crippen LogP contribution < -0.4 is 20.3 Å². The molecule has 0 unspecified atom stereocenters. The van der Waals surface area contributed by atoms with Crippen LogP contribution in [0, 0.1) is 0 Å². The van der Waals surface area contributed by atoms with Crippen LogP contribution in [0.1, 0.15) is 0 Å². The van der Waals surface area contributed by atoms with Crippen LogP contribution in [0.25, 0.3) is 0 Å². The topological polar surface area (TPSA) is 73.9 Å². The number of methoxy groups -OCH3 is 1. The Balaban J connectivity index is 1.81. The molecule has 0 aliphatic carbocycles. The fourth-order valence-electron chi connectivity index (χ4n) is 2.57. The molecule has 7 nitrogen and oxygen atoms in total. The van der Waals surface area contributed by atoms with E-state index in [0.717, 1.165) is 24.5 Å². The van der Waals surface area contributed by atoms with Gasteiger partial charge in [-0.1, -0.05) is 12.1 Å². The second-order valence-corrected chi connectivity index (χ2v) is 5.32. The van der Waals surface area contributed by atoms with Gasteiger partial charge in [0.15, 0.2) is 0 Å². The van der Waals surface area contributed by atoms with Crippen LogP contribution in [0.15, 0.2) is 24.3 Å². The lowest BCUT2D eigenvalue weighted by molar-refractivity contribution is -0.130. The van der Waals surface area contributed by atoms with Gasteiger partial charge in [0.1, 0.15) is 5.75 Å². The van der Waals surface area contributed by atoms with Crippen molar-refractivity contribution in [1.29, 1.82) is 0 Å². The number of likely N-dealkylation sites (N-methyl/N-ethyl adjacent to an activating group) is 1. The molecule has 2 amide bonds. The van der Waals surface area contributed by atoms with E-state index < -0.39 is 0 Å². The van der Waals surface area contributed by atoms with Crippen molar-refractivity contribution >= 4 is 17.5 Å². The fourth-order valence-corrected chi connectivity index (χ4v) is 2.57. The number of ether oxygens (including phenoxy) is 1. The van der Waals surface area contributed by atoms with Crippen LogP contribution in [0.4, 0.5) is 5.69 Å². The van der Waals surface area contributed by atoms with Crippen LogP contribution in [0.2, 0.25) is 0 Å². The molecule has 1 aromatic carbocycles. The van der Waals surface area contributed by atoms with E-state index in [1.54, 1.807) is 14.2 Å². The zero-order valence-electron chi connectivity index (χ0n) is 13.7. The number of amides is 2. The number of hydrogen-bond donors (Lipinski definition) is 2. The van der Waals surface area contributed by atoms with Gasteiger partial charge in [-0.05, 0) is 12.1 Å². The number of piperazine rings is 1. The van der Waals surface area contributed by atoms with Gasteiger partial charge in [-0.25, -0.2) is 0 Å². The van der Waals surface area contributed by atoms with Gasteiger partial charge in [0.2, 0.25) is 11.8 Å². The standard InChI is InChI=1S/C16H24N4O3/c1-17-15(21)11-18-12-16(22)20-9-7-19(8-10-20)13-5-3-4-6-14(13)23-2/h3-6,18H,7-12H2,1-2H3,(H,17,21). The summed E-state index contributed by atoms with van der Waals surface area (Å²) in [4.78, 5) is 27.3. The molecule has 0 spiro atoms. The Bertz CT molecular complexity index is 542. The van der Waals surface area contributed by atoms with Gasteiger partial charge in [-0.3, -0.25) is 14.9 Å². The van der Waals surface area contributed by atoms with Gasteiger partial charge >= 0.3 is 0 Å². The number of carbonyl (C=O) groups is 2. The Labute approximate surface area is 136 Å². The first-order valence-electron chi connectivity index (χ1n) is 7.72. The van der Waals surface area contributed by atoms with Gasteiger partial charge in [0, 0.05) is 33.2 Å². The van der Waals surface area contributed by atoms with Crippen LogP contribution in [-0.4, -0.2) is 70.1 Å². The molecule has 0 bridgehead atoms. The fraction of sp³-hybridized carbons (Fsp3) is 0.500. The lowest BCUT2D eigenvalue weighted by Crippen LogP contribution is -2.51. The molecule has 1 aromatic rings. The van der Waals surface area contributed by atoms with E-state index >= 15 is 0 Å². The minimum atomic E-state index is -0.126. The average molecular weight is 320 g/mol. The normalized spacial score (nSPS) is 14.5. The Kier molecular flexibility index (Phi) is 6.22. The van der Waals surface area contributed by atoms with Gasteiger partial charge < -0.3 is 19.9 Å². The number of anilines is 1. The molecule has 126 valence electrons. The molecule has 2 N–H and O–H groups in total. The van der Waals surface area contributed by atoms with Crippen molar-refractivity contribution in [1.82, 2.24) is 15.5 Å². The Morgan fingerprint density at radius 1 is 1.13 bits per heavy atom. The van der Waals surface area contributed by atoms with Crippen molar-refractivity contribution in [3.05, 3.63) is 24.3 Å². The highest BCUT2D eigenvalue weighted by Crippen LogP contribution is 2.28. The smallest absolute Gasteiger partial charge is 0.236 e. The number of benzene rings is 1. The van der Waals surface area contributed by atoms with Crippen molar-refractivity contribution in [2.24, 2.45) is 0 Å². The Morgan fingerprint density at radius 3 is 2.48 bits per heavy atom. The van der Waals surface area contributed by atoms with Gasteiger partial charge in [0.25, 0.3) is 0 Å². The summed E-state index contributed by atoms with van der Waals surface area (Å²) >= 11 is 0. The third-order valence-electron chi connectivity index (χ3n) is 3.90. The first-order valence-corrected chi connectivity index (χ1v) is 7.72. The maximum absolute atomic E-state index is 12.1. The van der Waals surface area contributed by atoms with E-state index in [1.165, 1.54) is 0 Å². The molecular weight excluding hydrogens is 296 g/mol. The SMILES string of the molecule is CNC(=O)CNCC(=O)N1CCN(c2ccccc2OC)CC1. The summed E-state index contributed by atoms with van der Waals surface area (Å²) in [5.74, 6) is 0.742. The molecule has 1 aliphatic rings. The lowest BCUT2D eigenvalue weighted by atomic mass is 10.2. The van der Waals surface area contributed by atoms with Crippen LogP contribution in [0.3, 0.4) is 0 Å².